The molecule has 1 atom stereocenters. The van der Waals surface area contributed by atoms with E-state index in [0.29, 0.717) is 5.92 Å². The highest BCUT2D eigenvalue weighted by molar-refractivity contribution is 5.06. The topological polar surface area (TPSA) is 35.2 Å². The van der Waals surface area contributed by atoms with Crippen molar-refractivity contribution in [1.82, 2.24) is 0 Å². The van der Waals surface area contributed by atoms with Crippen molar-refractivity contribution in [1.29, 1.82) is 0 Å². The van der Waals surface area contributed by atoms with E-state index in [9.17, 15) is 0 Å². The Morgan fingerprint density at radius 2 is 2.00 bits per heavy atom. The Hall–Kier alpha value is -0.500. The fourth-order valence-electron chi connectivity index (χ4n) is 2.29. The number of ether oxygens (including phenoxy) is 1. The van der Waals surface area contributed by atoms with E-state index in [4.69, 9.17) is 10.5 Å². The molecule has 1 rings (SSSR count). The molecule has 0 aliphatic carbocycles. The molecule has 1 aliphatic heterocycles. The Labute approximate surface area is 93.9 Å². The van der Waals surface area contributed by atoms with E-state index in [2.05, 4.69) is 19.9 Å². The first-order valence-electron chi connectivity index (χ1n) is 6.38. The highest BCUT2D eigenvalue weighted by Crippen LogP contribution is 2.24. The maximum Gasteiger partial charge on any atom is 0.109 e. The van der Waals surface area contributed by atoms with Gasteiger partial charge in [-0.05, 0) is 37.7 Å². The van der Waals surface area contributed by atoms with Gasteiger partial charge < -0.3 is 10.5 Å². The fraction of sp³-hybridized carbons (Fsp3) is 0.846. The SMILES string of the molecule is CCCC(CCC)C(N)C1=CCCCO1. The third-order valence-electron chi connectivity index (χ3n) is 3.12. The Morgan fingerprint density at radius 1 is 1.33 bits per heavy atom. The predicted molar refractivity (Wildman–Crippen MR) is 64.6 cm³/mol. The molecule has 15 heavy (non-hydrogen) atoms. The molecule has 1 aliphatic rings. The summed E-state index contributed by atoms with van der Waals surface area (Å²) in [6, 6.07) is 0.130. The van der Waals surface area contributed by atoms with Gasteiger partial charge in [-0.15, -0.1) is 0 Å². The highest BCUT2D eigenvalue weighted by Gasteiger charge is 2.22. The molecule has 2 heteroatoms. The van der Waals surface area contributed by atoms with Gasteiger partial charge in [0, 0.05) is 0 Å². The Morgan fingerprint density at radius 3 is 2.47 bits per heavy atom. The van der Waals surface area contributed by atoms with Crippen LogP contribution in [-0.4, -0.2) is 12.6 Å². The zero-order chi connectivity index (χ0) is 11.1. The lowest BCUT2D eigenvalue weighted by molar-refractivity contribution is 0.157. The van der Waals surface area contributed by atoms with E-state index in [1.54, 1.807) is 0 Å². The van der Waals surface area contributed by atoms with E-state index >= 15 is 0 Å². The minimum Gasteiger partial charge on any atom is -0.497 e. The van der Waals surface area contributed by atoms with Crippen molar-refractivity contribution in [2.24, 2.45) is 11.7 Å². The summed E-state index contributed by atoms with van der Waals surface area (Å²) >= 11 is 0. The van der Waals surface area contributed by atoms with Gasteiger partial charge in [-0.1, -0.05) is 26.7 Å². The normalized spacial score (nSPS) is 18.5. The minimum atomic E-state index is 0.130. The Kier molecular flexibility index (Phi) is 5.77. The second-order valence-corrected chi connectivity index (χ2v) is 4.46. The molecular formula is C13H25NO. The van der Waals surface area contributed by atoms with Gasteiger partial charge in [0.15, 0.2) is 0 Å². The largest absolute Gasteiger partial charge is 0.497 e. The first kappa shape index (κ1) is 12.6. The van der Waals surface area contributed by atoms with Crippen molar-refractivity contribution in [3.63, 3.8) is 0 Å². The molecule has 2 nitrogen and oxygen atoms in total. The summed E-state index contributed by atoms with van der Waals surface area (Å²) in [4.78, 5) is 0. The minimum absolute atomic E-state index is 0.130. The van der Waals surface area contributed by atoms with Crippen molar-refractivity contribution in [3.05, 3.63) is 11.8 Å². The van der Waals surface area contributed by atoms with Gasteiger partial charge in [-0.25, -0.2) is 0 Å². The van der Waals surface area contributed by atoms with E-state index in [1.165, 1.54) is 25.7 Å². The van der Waals surface area contributed by atoms with Crippen molar-refractivity contribution in [3.8, 4) is 0 Å². The second kappa shape index (κ2) is 6.89. The maximum atomic E-state index is 6.27. The molecule has 0 aromatic heterocycles. The molecule has 0 saturated heterocycles. The number of hydrogen-bond acceptors (Lipinski definition) is 2. The average Bonchev–Trinajstić information content (AvgIpc) is 2.29. The van der Waals surface area contributed by atoms with Crippen LogP contribution in [0.15, 0.2) is 11.8 Å². The van der Waals surface area contributed by atoms with Crippen LogP contribution >= 0.6 is 0 Å². The van der Waals surface area contributed by atoms with E-state index in [-0.39, 0.29) is 6.04 Å². The van der Waals surface area contributed by atoms with Gasteiger partial charge in [-0.3, -0.25) is 0 Å². The molecule has 0 radical (unpaired) electrons. The van der Waals surface area contributed by atoms with Gasteiger partial charge in [0.1, 0.15) is 5.76 Å². The summed E-state index contributed by atoms with van der Waals surface area (Å²) in [5.74, 6) is 1.65. The number of hydrogen-bond donors (Lipinski definition) is 1. The molecule has 0 aromatic carbocycles. The molecule has 0 bridgehead atoms. The molecule has 1 heterocycles. The number of allylic oxidation sites excluding steroid dienone is 1. The number of rotatable bonds is 6. The van der Waals surface area contributed by atoms with E-state index in [1.807, 2.05) is 0 Å². The quantitative estimate of drug-likeness (QED) is 0.732. The summed E-state index contributed by atoms with van der Waals surface area (Å²) in [5, 5.41) is 0. The van der Waals surface area contributed by atoms with Gasteiger partial charge in [-0.2, -0.15) is 0 Å². The molecule has 0 spiro atoms. The molecule has 0 fully saturated rings. The van der Waals surface area contributed by atoms with Crippen LogP contribution in [0.2, 0.25) is 0 Å². The molecule has 1 unspecified atom stereocenters. The van der Waals surface area contributed by atoms with Crippen molar-refractivity contribution < 1.29 is 4.74 Å². The van der Waals surface area contributed by atoms with Gasteiger partial charge in [0.05, 0.1) is 12.6 Å². The van der Waals surface area contributed by atoms with Gasteiger partial charge in [0.25, 0.3) is 0 Å². The van der Waals surface area contributed by atoms with Crippen molar-refractivity contribution in [2.45, 2.75) is 58.4 Å². The Bertz CT molecular complexity index is 195. The third-order valence-corrected chi connectivity index (χ3v) is 3.12. The van der Waals surface area contributed by atoms with Crippen LogP contribution in [0.4, 0.5) is 0 Å². The van der Waals surface area contributed by atoms with E-state index < -0.39 is 0 Å². The van der Waals surface area contributed by atoms with Crippen LogP contribution < -0.4 is 5.73 Å². The van der Waals surface area contributed by atoms with Crippen LogP contribution in [-0.2, 0) is 4.74 Å². The predicted octanol–water partition coefficient (Wildman–Crippen LogP) is 3.22. The molecule has 0 amide bonds. The van der Waals surface area contributed by atoms with E-state index in [0.717, 1.165) is 25.2 Å². The maximum absolute atomic E-state index is 6.27. The molecule has 88 valence electrons. The summed E-state index contributed by atoms with van der Waals surface area (Å²) in [5.41, 5.74) is 6.27. The lowest BCUT2D eigenvalue weighted by atomic mass is 9.89. The standard InChI is InChI=1S/C13H25NO/c1-3-7-11(8-4-2)13(14)12-9-5-6-10-15-12/h9,11,13H,3-8,10,14H2,1-2H3. The monoisotopic (exact) mass is 211 g/mol. The third kappa shape index (κ3) is 3.86. The van der Waals surface area contributed by atoms with Crippen LogP contribution in [0.5, 0.6) is 0 Å². The van der Waals surface area contributed by atoms with Crippen LogP contribution in [0.1, 0.15) is 52.4 Å². The molecule has 0 saturated carbocycles. The van der Waals surface area contributed by atoms with Crippen LogP contribution in [0, 0.1) is 5.92 Å². The molecule has 2 N–H and O–H groups in total. The highest BCUT2D eigenvalue weighted by atomic mass is 16.5. The smallest absolute Gasteiger partial charge is 0.109 e. The molecular weight excluding hydrogens is 186 g/mol. The lowest BCUT2D eigenvalue weighted by Gasteiger charge is -2.27. The van der Waals surface area contributed by atoms with Gasteiger partial charge in [0.2, 0.25) is 0 Å². The molecule has 0 aromatic rings. The first-order chi connectivity index (χ1) is 7.29. The summed E-state index contributed by atoms with van der Waals surface area (Å²) in [6.07, 6.45) is 9.33. The summed E-state index contributed by atoms with van der Waals surface area (Å²) in [6.45, 7) is 5.31. The summed E-state index contributed by atoms with van der Waals surface area (Å²) < 4.78 is 5.65. The zero-order valence-electron chi connectivity index (χ0n) is 10.2. The van der Waals surface area contributed by atoms with Crippen molar-refractivity contribution >= 4 is 0 Å². The second-order valence-electron chi connectivity index (χ2n) is 4.46. The van der Waals surface area contributed by atoms with Gasteiger partial charge >= 0.3 is 0 Å². The number of nitrogens with two attached hydrogens (primary N) is 1. The van der Waals surface area contributed by atoms with Crippen molar-refractivity contribution in [2.75, 3.05) is 6.61 Å². The zero-order valence-corrected chi connectivity index (χ0v) is 10.2. The van der Waals surface area contributed by atoms with Crippen LogP contribution in [0.3, 0.4) is 0 Å². The fourth-order valence-corrected chi connectivity index (χ4v) is 2.29. The Balaban J connectivity index is 2.52. The summed E-state index contributed by atoms with van der Waals surface area (Å²) in [7, 11) is 0. The van der Waals surface area contributed by atoms with Crippen LogP contribution in [0.25, 0.3) is 0 Å². The average molecular weight is 211 g/mol. The first-order valence-corrected chi connectivity index (χ1v) is 6.38. The lowest BCUT2D eigenvalue weighted by Crippen LogP contribution is -2.34.